The quantitative estimate of drug-likeness (QED) is 0.742. The summed E-state index contributed by atoms with van der Waals surface area (Å²) in [6, 6.07) is 0. The Labute approximate surface area is 88.7 Å². The van der Waals surface area contributed by atoms with Crippen molar-refractivity contribution >= 4 is 5.97 Å². The third-order valence-electron chi connectivity index (χ3n) is 2.26. The molecule has 0 saturated carbocycles. The van der Waals surface area contributed by atoms with Gasteiger partial charge in [-0.1, -0.05) is 6.92 Å². The van der Waals surface area contributed by atoms with Crippen LogP contribution in [0.5, 0.6) is 0 Å². The molecule has 84 valence electrons. The van der Waals surface area contributed by atoms with Crippen molar-refractivity contribution in [3.63, 3.8) is 0 Å². The normalized spacial score (nSPS) is 12.5. The van der Waals surface area contributed by atoms with Crippen molar-refractivity contribution in [2.75, 3.05) is 13.7 Å². The highest BCUT2D eigenvalue weighted by Gasteiger charge is 2.16. The molecule has 0 radical (unpaired) electrons. The summed E-state index contributed by atoms with van der Waals surface area (Å²) in [5.74, 6) is 0.428. The van der Waals surface area contributed by atoms with Gasteiger partial charge in [0.1, 0.15) is 11.5 Å². The number of aliphatic hydroxyl groups excluding tert-OH is 1. The highest BCUT2D eigenvalue weighted by Crippen LogP contribution is 2.09. The second kappa shape index (κ2) is 4.93. The maximum atomic E-state index is 11.4. The lowest BCUT2D eigenvalue weighted by molar-refractivity contribution is 0.0586. The Morgan fingerprint density at radius 2 is 2.40 bits per heavy atom. The molecule has 1 heterocycles. The van der Waals surface area contributed by atoms with Crippen molar-refractivity contribution in [2.24, 2.45) is 5.92 Å². The number of imidazole rings is 1. The van der Waals surface area contributed by atoms with Crippen LogP contribution in [0.25, 0.3) is 0 Å². The summed E-state index contributed by atoms with van der Waals surface area (Å²) >= 11 is 0. The van der Waals surface area contributed by atoms with Crippen LogP contribution in [0, 0.1) is 12.8 Å². The van der Waals surface area contributed by atoms with Crippen molar-refractivity contribution in [2.45, 2.75) is 20.4 Å². The number of aryl methyl sites for hydroxylation is 1. The summed E-state index contributed by atoms with van der Waals surface area (Å²) in [7, 11) is 1.34. The van der Waals surface area contributed by atoms with Gasteiger partial charge in [-0.05, 0) is 12.8 Å². The number of hydrogen-bond acceptors (Lipinski definition) is 4. The first-order valence-corrected chi connectivity index (χ1v) is 4.81. The Kier molecular flexibility index (Phi) is 3.85. The third kappa shape index (κ3) is 2.56. The molecule has 0 amide bonds. The molecule has 1 N–H and O–H groups in total. The van der Waals surface area contributed by atoms with Crippen LogP contribution in [-0.4, -0.2) is 34.3 Å². The summed E-state index contributed by atoms with van der Waals surface area (Å²) in [5, 5.41) is 8.96. The fourth-order valence-electron chi connectivity index (χ4n) is 1.34. The SMILES string of the molecule is COC(=O)c1cnc(C)n1CC(C)CO. The Hall–Kier alpha value is -1.36. The summed E-state index contributed by atoms with van der Waals surface area (Å²) in [6.45, 7) is 4.36. The van der Waals surface area contributed by atoms with E-state index in [1.54, 1.807) is 4.57 Å². The molecule has 15 heavy (non-hydrogen) atoms. The monoisotopic (exact) mass is 212 g/mol. The van der Waals surface area contributed by atoms with E-state index in [9.17, 15) is 4.79 Å². The number of methoxy groups -OCH3 is 1. The van der Waals surface area contributed by atoms with Crippen LogP contribution in [-0.2, 0) is 11.3 Å². The number of aliphatic hydroxyl groups is 1. The van der Waals surface area contributed by atoms with Gasteiger partial charge in [-0.2, -0.15) is 0 Å². The molecule has 0 saturated heterocycles. The van der Waals surface area contributed by atoms with Crippen LogP contribution in [0.15, 0.2) is 6.20 Å². The zero-order valence-electron chi connectivity index (χ0n) is 9.23. The van der Waals surface area contributed by atoms with E-state index >= 15 is 0 Å². The fourth-order valence-corrected chi connectivity index (χ4v) is 1.34. The number of hydrogen-bond donors (Lipinski definition) is 1. The van der Waals surface area contributed by atoms with Gasteiger partial charge >= 0.3 is 5.97 Å². The molecule has 0 aliphatic carbocycles. The summed E-state index contributed by atoms with van der Waals surface area (Å²) in [4.78, 5) is 15.4. The van der Waals surface area contributed by atoms with Crippen molar-refractivity contribution < 1.29 is 14.6 Å². The van der Waals surface area contributed by atoms with Gasteiger partial charge in [0.15, 0.2) is 0 Å². The molecular formula is C10H16N2O3. The van der Waals surface area contributed by atoms with Gasteiger partial charge in [-0.15, -0.1) is 0 Å². The van der Waals surface area contributed by atoms with E-state index in [0.717, 1.165) is 5.82 Å². The Morgan fingerprint density at radius 1 is 1.73 bits per heavy atom. The molecule has 1 aromatic rings. The van der Waals surface area contributed by atoms with E-state index < -0.39 is 5.97 Å². The largest absolute Gasteiger partial charge is 0.464 e. The number of nitrogens with zero attached hydrogens (tertiary/aromatic N) is 2. The molecule has 0 aromatic carbocycles. The van der Waals surface area contributed by atoms with Crippen LogP contribution < -0.4 is 0 Å². The third-order valence-corrected chi connectivity index (χ3v) is 2.26. The molecule has 1 atom stereocenters. The molecule has 0 aliphatic heterocycles. The predicted molar refractivity (Wildman–Crippen MR) is 54.6 cm³/mol. The van der Waals surface area contributed by atoms with Gasteiger partial charge in [0.25, 0.3) is 0 Å². The van der Waals surface area contributed by atoms with Gasteiger partial charge in [0.05, 0.1) is 13.3 Å². The van der Waals surface area contributed by atoms with Crippen LogP contribution in [0.1, 0.15) is 23.2 Å². The highest BCUT2D eigenvalue weighted by molar-refractivity contribution is 5.87. The van der Waals surface area contributed by atoms with E-state index in [-0.39, 0.29) is 12.5 Å². The molecule has 0 aliphatic rings. The maximum Gasteiger partial charge on any atom is 0.356 e. The van der Waals surface area contributed by atoms with Crippen molar-refractivity contribution in [3.8, 4) is 0 Å². The van der Waals surface area contributed by atoms with Crippen LogP contribution >= 0.6 is 0 Å². The molecule has 5 heteroatoms. The molecule has 1 aromatic heterocycles. The van der Waals surface area contributed by atoms with Gasteiger partial charge in [-0.25, -0.2) is 9.78 Å². The summed E-state index contributed by atoms with van der Waals surface area (Å²) in [6.07, 6.45) is 1.49. The van der Waals surface area contributed by atoms with E-state index in [1.165, 1.54) is 13.3 Å². The summed E-state index contributed by atoms with van der Waals surface area (Å²) in [5.41, 5.74) is 0.426. The lowest BCUT2D eigenvalue weighted by Crippen LogP contribution is -2.17. The first-order valence-electron chi connectivity index (χ1n) is 4.81. The van der Waals surface area contributed by atoms with Crippen LogP contribution in [0.2, 0.25) is 0 Å². The van der Waals surface area contributed by atoms with Crippen molar-refractivity contribution in [1.29, 1.82) is 0 Å². The predicted octanol–water partition coefficient (Wildman–Crippen LogP) is 0.607. The topological polar surface area (TPSA) is 64.3 Å². The number of ether oxygens (including phenoxy) is 1. The average molecular weight is 212 g/mol. The van der Waals surface area contributed by atoms with E-state index in [1.807, 2.05) is 13.8 Å². The number of aromatic nitrogens is 2. The lowest BCUT2D eigenvalue weighted by atomic mass is 10.2. The number of carbonyl (C=O) groups excluding carboxylic acids is 1. The fraction of sp³-hybridized carbons (Fsp3) is 0.600. The second-order valence-electron chi connectivity index (χ2n) is 3.58. The minimum absolute atomic E-state index is 0.0816. The standard InChI is InChI=1S/C10H16N2O3/c1-7(6-13)5-12-8(2)11-4-9(12)10(14)15-3/h4,7,13H,5-6H2,1-3H3. The first kappa shape index (κ1) is 11.7. The zero-order chi connectivity index (χ0) is 11.4. The number of carbonyl (C=O) groups is 1. The van der Waals surface area contributed by atoms with Crippen molar-refractivity contribution in [3.05, 3.63) is 17.7 Å². The molecule has 0 bridgehead atoms. The van der Waals surface area contributed by atoms with Gasteiger partial charge in [0, 0.05) is 13.2 Å². The zero-order valence-corrected chi connectivity index (χ0v) is 9.23. The molecular weight excluding hydrogens is 196 g/mol. The number of esters is 1. The van der Waals surface area contributed by atoms with E-state index in [4.69, 9.17) is 5.11 Å². The molecule has 1 unspecified atom stereocenters. The Balaban J connectivity index is 2.94. The van der Waals surface area contributed by atoms with Crippen LogP contribution in [0.4, 0.5) is 0 Å². The molecule has 5 nitrogen and oxygen atoms in total. The minimum Gasteiger partial charge on any atom is -0.464 e. The minimum atomic E-state index is -0.402. The Bertz CT molecular complexity index is 346. The maximum absolute atomic E-state index is 11.4. The van der Waals surface area contributed by atoms with E-state index in [0.29, 0.717) is 12.2 Å². The van der Waals surface area contributed by atoms with E-state index in [2.05, 4.69) is 9.72 Å². The van der Waals surface area contributed by atoms with Gasteiger partial charge < -0.3 is 14.4 Å². The smallest absolute Gasteiger partial charge is 0.356 e. The molecule has 0 spiro atoms. The van der Waals surface area contributed by atoms with Gasteiger partial charge in [-0.3, -0.25) is 0 Å². The average Bonchev–Trinajstić information content (AvgIpc) is 2.59. The molecule has 0 fully saturated rings. The van der Waals surface area contributed by atoms with Crippen LogP contribution in [0.3, 0.4) is 0 Å². The first-order chi connectivity index (χ1) is 7.10. The summed E-state index contributed by atoms with van der Waals surface area (Å²) < 4.78 is 6.40. The lowest BCUT2D eigenvalue weighted by Gasteiger charge is -2.12. The Morgan fingerprint density at radius 3 is 2.93 bits per heavy atom. The highest BCUT2D eigenvalue weighted by atomic mass is 16.5. The second-order valence-corrected chi connectivity index (χ2v) is 3.58. The molecule has 1 rings (SSSR count). The van der Waals surface area contributed by atoms with Gasteiger partial charge in [0.2, 0.25) is 0 Å². The van der Waals surface area contributed by atoms with Crippen molar-refractivity contribution in [1.82, 2.24) is 9.55 Å². The number of rotatable bonds is 4.